The van der Waals surface area contributed by atoms with Crippen LogP contribution in [0.15, 0.2) is 18.2 Å². The van der Waals surface area contributed by atoms with Crippen LogP contribution in [0.3, 0.4) is 0 Å². The van der Waals surface area contributed by atoms with Crippen molar-refractivity contribution in [1.29, 1.82) is 0 Å². The molecule has 0 aromatic heterocycles. The third-order valence-corrected chi connectivity index (χ3v) is 1.74. The number of aryl methyl sites for hydroxylation is 1. The number of carbonyl (C=O) groups is 1. The lowest BCUT2D eigenvalue weighted by molar-refractivity contribution is 0.00647. The summed E-state index contributed by atoms with van der Waals surface area (Å²) in [5.41, 5.74) is 0.157. The molecule has 1 aromatic carbocycles. The lowest BCUT2D eigenvalue weighted by Crippen LogP contribution is -2.24. The Bertz CT molecular complexity index is 378. The van der Waals surface area contributed by atoms with Crippen LogP contribution in [0.25, 0.3) is 0 Å². The smallest absolute Gasteiger partial charge is 0.341 e. The van der Waals surface area contributed by atoms with E-state index in [4.69, 9.17) is 4.74 Å². The highest BCUT2D eigenvalue weighted by molar-refractivity contribution is 5.90. The van der Waals surface area contributed by atoms with Gasteiger partial charge in [0.25, 0.3) is 0 Å². The quantitative estimate of drug-likeness (QED) is 0.666. The Morgan fingerprint density at radius 1 is 1.33 bits per heavy atom. The fourth-order valence-corrected chi connectivity index (χ4v) is 1.12. The molecule has 0 amide bonds. The number of hydrogen-bond acceptors (Lipinski definition) is 2. The second-order valence-corrected chi connectivity index (χ2v) is 4.49. The molecule has 0 aliphatic heterocycles. The maximum absolute atomic E-state index is 13.4. The van der Waals surface area contributed by atoms with E-state index in [1.807, 2.05) is 0 Å². The van der Waals surface area contributed by atoms with Gasteiger partial charge >= 0.3 is 5.97 Å². The van der Waals surface area contributed by atoms with Crippen molar-refractivity contribution in [1.82, 2.24) is 0 Å². The van der Waals surface area contributed by atoms with Crippen molar-refractivity contribution in [2.24, 2.45) is 0 Å². The first-order valence-corrected chi connectivity index (χ1v) is 4.79. The maximum Gasteiger partial charge on any atom is 0.341 e. The molecule has 82 valence electrons. The lowest BCUT2D eigenvalue weighted by Gasteiger charge is -2.19. The van der Waals surface area contributed by atoms with E-state index in [9.17, 15) is 9.18 Å². The summed E-state index contributed by atoms with van der Waals surface area (Å²) in [6, 6.07) is 4.44. The van der Waals surface area contributed by atoms with Crippen LogP contribution in [-0.2, 0) is 4.74 Å². The molecular formula is C12H15FO2. The monoisotopic (exact) mass is 210 g/mol. The highest BCUT2D eigenvalue weighted by Gasteiger charge is 2.20. The maximum atomic E-state index is 13.4. The number of esters is 1. The second kappa shape index (κ2) is 4.01. The summed E-state index contributed by atoms with van der Waals surface area (Å²) in [5, 5.41) is 0. The second-order valence-electron chi connectivity index (χ2n) is 4.49. The summed E-state index contributed by atoms with van der Waals surface area (Å²) < 4.78 is 18.4. The predicted molar refractivity (Wildman–Crippen MR) is 56.3 cm³/mol. The first-order valence-electron chi connectivity index (χ1n) is 4.79. The number of ether oxygens (including phenoxy) is 1. The third kappa shape index (κ3) is 3.35. The van der Waals surface area contributed by atoms with Crippen LogP contribution in [0.5, 0.6) is 0 Å². The SMILES string of the molecule is Cc1ccc(C(=O)OC(C)(C)C)c(F)c1. The molecule has 15 heavy (non-hydrogen) atoms. The van der Waals surface area contributed by atoms with Gasteiger partial charge in [0, 0.05) is 0 Å². The van der Waals surface area contributed by atoms with Gasteiger partial charge in [-0.2, -0.15) is 0 Å². The molecule has 0 saturated heterocycles. The van der Waals surface area contributed by atoms with Gasteiger partial charge in [0.2, 0.25) is 0 Å². The van der Waals surface area contributed by atoms with Crippen molar-refractivity contribution in [3.63, 3.8) is 0 Å². The molecule has 0 atom stereocenters. The van der Waals surface area contributed by atoms with E-state index in [0.29, 0.717) is 0 Å². The minimum Gasteiger partial charge on any atom is -0.456 e. The number of rotatable bonds is 1. The van der Waals surface area contributed by atoms with Gasteiger partial charge < -0.3 is 4.74 Å². The summed E-state index contributed by atoms with van der Waals surface area (Å²) in [4.78, 5) is 11.5. The van der Waals surface area contributed by atoms with Crippen LogP contribution in [0, 0.1) is 12.7 Å². The van der Waals surface area contributed by atoms with Gasteiger partial charge in [-0.1, -0.05) is 6.07 Å². The molecule has 0 heterocycles. The molecular weight excluding hydrogens is 195 g/mol. The zero-order chi connectivity index (χ0) is 11.6. The summed E-state index contributed by atoms with van der Waals surface area (Å²) in [6.45, 7) is 7.01. The molecule has 0 radical (unpaired) electrons. The molecule has 0 aliphatic carbocycles. The fourth-order valence-electron chi connectivity index (χ4n) is 1.12. The lowest BCUT2D eigenvalue weighted by atomic mass is 10.1. The molecule has 1 aromatic rings. The van der Waals surface area contributed by atoms with E-state index in [1.165, 1.54) is 12.1 Å². The van der Waals surface area contributed by atoms with Gasteiger partial charge in [0.05, 0.1) is 5.56 Å². The van der Waals surface area contributed by atoms with Crippen molar-refractivity contribution in [3.8, 4) is 0 Å². The Balaban J connectivity index is 2.92. The van der Waals surface area contributed by atoms with Crippen molar-refractivity contribution in [2.75, 3.05) is 0 Å². The number of benzene rings is 1. The Labute approximate surface area is 89.1 Å². The Kier molecular flexibility index (Phi) is 3.12. The normalized spacial score (nSPS) is 11.3. The summed E-state index contributed by atoms with van der Waals surface area (Å²) in [5.74, 6) is -1.16. The van der Waals surface area contributed by atoms with Gasteiger partial charge in [-0.3, -0.25) is 0 Å². The molecule has 0 aliphatic rings. The van der Waals surface area contributed by atoms with Crippen molar-refractivity contribution < 1.29 is 13.9 Å². The average molecular weight is 210 g/mol. The van der Waals surface area contributed by atoms with E-state index in [-0.39, 0.29) is 5.56 Å². The van der Waals surface area contributed by atoms with E-state index >= 15 is 0 Å². The molecule has 0 unspecified atom stereocenters. The summed E-state index contributed by atoms with van der Waals surface area (Å²) >= 11 is 0. The predicted octanol–water partition coefficient (Wildman–Crippen LogP) is 3.09. The number of halogens is 1. The zero-order valence-corrected chi connectivity index (χ0v) is 9.43. The van der Waals surface area contributed by atoms with Crippen LogP contribution < -0.4 is 0 Å². The zero-order valence-electron chi connectivity index (χ0n) is 9.43. The summed E-state index contributed by atoms with van der Waals surface area (Å²) in [7, 11) is 0. The van der Waals surface area contributed by atoms with Crippen LogP contribution >= 0.6 is 0 Å². The molecule has 0 saturated carbocycles. The highest BCUT2D eigenvalue weighted by atomic mass is 19.1. The minimum absolute atomic E-state index is 0.0180. The third-order valence-electron chi connectivity index (χ3n) is 1.74. The first kappa shape index (κ1) is 11.7. The minimum atomic E-state index is -0.625. The Morgan fingerprint density at radius 3 is 2.40 bits per heavy atom. The Hall–Kier alpha value is -1.38. The molecule has 0 fully saturated rings. The topological polar surface area (TPSA) is 26.3 Å². The van der Waals surface area contributed by atoms with Crippen LogP contribution in [-0.4, -0.2) is 11.6 Å². The molecule has 1 rings (SSSR count). The number of carbonyl (C=O) groups excluding carboxylic acids is 1. The van der Waals surface area contributed by atoms with E-state index < -0.39 is 17.4 Å². The molecule has 0 bridgehead atoms. The van der Waals surface area contributed by atoms with Gasteiger partial charge in [-0.25, -0.2) is 9.18 Å². The van der Waals surface area contributed by atoms with Gasteiger partial charge in [-0.05, 0) is 45.4 Å². The molecule has 3 heteroatoms. The fraction of sp³-hybridized carbons (Fsp3) is 0.417. The van der Waals surface area contributed by atoms with Crippen molar-refractivity contribution in [3.05, 3.63) is 35.1 Å². The van der Waals surface area contributed by atoms with Crippen LogP contribution in [0.2, 0.25) is 0 Å². The van der Waals surface area contributed by atoms with Gasteiger partial charge in [-0.15, -0.1) is 0 Å². The van der Waals surface area contributed by atoms with E-state index in [2.05, 4.69) is 0 Å². The van der Waals surface area contributed by atoms with Crippen molar-refractivity contribution >= 4 is 5.97 Å². The van der Waals surface area contributed by atoms with Crippen molar-refractivity contribution in [2.45, 2.75) is 33.3 Å². The standard InChI is InChI=1S/C12H15FO2/c1-8-5-6-9(10(13)7-8)11(14)15-12(2,3)4/h5-7H,1-4H3. The molecule has 0 spiro atoms. The largest absolute Gasteiger partial charge is 0.456 e. The van der Waals surface area contributed by atoms with Gasteiger partial charge in [0.15, 0.2) is 0 Å². The van der Waals surface area contributed by atoms with Crippen LogP contribution in [0.1, 0.15) is 36.7 Å². The van der Waals surface area contributed by atoms with E-state index in [0.717, 1.165) is 5.56 Å². The van der Waals surface area contributed by atoms with E-state index in [1.54, 1.807) is 33.8 Å². The number of hydrogen-bond donors (Lipinski definition) is 0. The molecule has 2 nitrogen and oxygen atoms in total. The van der Waals surface area contributed by atoms with Gasteiger partial charge in [0.1, 0.15) is 11.4 Å². The highest BCUT2D eigenvalue weighted by Crippen LogP contribution is 2.15. The average Bonchev–Trinajstić information content (AvgIpc) is 1.99. The Morgan fingerprint density at radius 2 is 1.93 bits per heavy atom. The first-order chi connectivity index (χ1) is 6.79. The summed E-state index contributed by atoms with van der Waals surface area (Å²) in [6.07, 6.45) is 0. The van der Waals surface area contributed by atoms with Crippen LogP contribution in [0.4, 0.5) is 4.39 Å². The molecule has 0 N–H and O–H groups in total.